The third kappa shape index (κ3) is 4.60. The van der Waals surface area contributed by atoms with Crippen LogP contribution in [0.15, 0.2) is 24.3 Å². The molecular formula is C12H16N2O4. The Balaban J connectivity index is 2.46. The van der Waals surface area contributed by atoms with Crippen molar-refractivity contribution in [3.63, 3.8) is 0 Å². The van der Waals surface area contributed by atoms with Crippen molar-refractivity contribution in [1.82, 2.24) is 5.32 Å². The first kappa shape index (κ1) is 14.3. The van der Waals surface area contributed by atoms with E-state index in [2.05, 4.69) is 5.32 Å². The van der Waals surface area contributed by atoms with Crippen LogP contribution in [0.3, 0.4) is 0 Å². The quantitative estimate of drug-likeness (QED) is 0.327. The molecule has 0 fully saturated rings. The number of hydrogen-bond acceptors (Lipinski definition) is 5. The summed E-state index contributed by atoms with van der Waals surface area (Å²) in [5.74, 6) is -0.156. The number of ketones is 1. The monoisotopic (exact) mass is 252 g/mol. The molecule has 0 bridgehead atoms. The third-order valence-electron chi connectivity index (χ3n) is 2.37. The summed E-state index contributed by atoms with van der Waals surface area (Å²) in [4.78, 5) is 21.8. The summed E-state index contributed by atoms with van der Waals surface area (Å²) in [6.45, 7) is 1.48. The van der Waals surface area contributed by atoms with Crippen molar-refractivity contribution < 1.29 is 14.5 Å². The average Bonchev–Trinajstić information content (AvgIpc) is 2.38. The molecule has 18 heavy (non-hydrogen) atoms. The minimum absolute atomic E-state index is 0.0692. The first-order valence-electron chi connectivity index (χ1n) is 5.62. The van der Waals surface area contributed by atoms with Gasteiger partial charge in [-0.15, -0.1) is 0 Å². The van der Waals surface area contributed by atoms with Gasteiger partial charge >= 0.3 is 0 Å². The Kier molecular flexibility index (Phi) is 5.96. The van der Waals surface area contributed by atoms with Crippen molar-refractivity contribution in [3.05, 3.63) is 39.9 Å². The molecule has 0 unspecified atom stereocenters. The largest absolute Gasteiger partial charge is 0.385 e. The molecule has 0 heterocycles. The molecule has 0 aliphatic heterocycles. The van der Waals surface area contributed by atoms with Crippen LogP contribution in [0.1, 0.15) is 16.8 Å². The maximum Gasteiger partial charge on any atom is 0.270 e. The van der Waals surface area contributed by atoms with Crippen molar-refractivity contribution in [2.24, 2.45) is 0 Å². The highest BCUT2D eigenvalue weighted by molar-refractivity contribution is 5.98. The van der Waals surface area contributed by atoms with Gasteiger partial charge in [0.1, 0.15) is 0 Å². The van der Waals surface area contributed by atoms with Gasteiger partial charge in [0, 0.05) is 31.4 Å². The van der Waals surface area contributed by atoms with Crippen molar-refractivity contribution >= 4 is 11.5 Å². The number of Topliss-reactive ketones (excluding diaryl/α,β-unsaturated/α-hetero) is 1. The van der Waals surface area contributed by atoms with Gasteiger partial charge in [0.25, 0.3) is 5.69 Å². The van der Waals surface area contributed by atoms with Crippen molar-refractivity contribution in [2.75, 3.05) is 26.8 Å². The fourth-order valence-corrected chi connectivity index (χ4v) is 1.44. The van der Waals surface area contributed by atoms with Crippen molar-refractivity contribution in [1.29, 1.82) is 0 Å². The molecule has 0 radical (unpaired) electrons. The molecular weight excluding hydrogens is 236 g/mol. The van der Waals surface area contributed by atoms with Crippen LogP contribution in [0.5, 0.6) is 0 Å². The Bertz CT molecular complexity index is 420. The average molecular weight is 252 g/mol. The number of rotatable bonds is 8. The van der Waals surface area contributed by atoms with Gasteiger partial charge in [0.2, 0.25) is 0 Å². The van der Waals surface area contributed by atoms with E-state index in [4.69, 9.17) is 4.74 Å². The molecule has 1 N–H and O–H groups in total. The van der Waals surface area contributed by atoms with Crippen LogP contribution in [0.25, 0.3) is 0 Å². The van der Waals surface area contributed by atoms with Gasteiger partial charge in [-0.05, 0) is 13.0 Å². The highest BCUT2D eigenvalue weighted by Gasteiger charge is 2.10. The zero-order valence-electron chi connectivity index (χ0n) is 10.2. The molecule has 0 saturated heterocycles. The number of carbonyl (C=O) groups excluding carboxylic acids is 1. The van der Waals surface area contributed by atoms with E-state index in [1.165, 1.54) is 18.2 Å². The summed E-state index contributed by atoms with van der Waals surface area (Å²) < 4.78 is 4.88. The minimum Gasteiger partial charge on any atom is -0.385 e. The molecule has 6 heteroatoms. The molecule has 0 aromatic heterocycles. The van der Waals surface area contributed by atoms with Gasteiger partial charge in [0.05, 0.1) is 11.5 Å². The number of benzene rings is 1. The highest BCUT2D eigenvalue weighted by atomic mass is 16.6. The summed E-state index contributed by atoms with van der Waals surface area (Å²) >= 11 is 0. The summed E-state index contributed by atoms with van der Waals surface area (Å²) in [6, 6.07) is 5.74. The van der Waals surface area contributed by atoms with Crippen LogP contribution in [0.4, 0.5) is 5.69 Å². The lowest BCUT2D eigenvalue weighted by atomic mass is 10.1. The Hall–Kier alpha value is -1.79. The predicted molar refractivity (Wildman–Crippen MR) is 66.8 cm³/mol. The summed E-state index contributed by atoms with van der Waals surface area (Å²) in [6.07, 6.45) is 0.818. The molecule has 98 valence electrons. The molecule has 1 aromatic carbocycles. The number of ether oxygens (including phenoxy) is 1. The molecule has 0 saturated carbocycles. The summed E-state index contributed by atoms with van der Waals surface area (Å²) in [7, 11) is 1.62. The maximum atomic E-state index is 11.7. The van der Waals surface area contributed by atoms with E-state index in [1.807, 2.05) is 0 Å². The second kappa shape index (κ2) is 7.52. The maximum absolute atomic E-state index is 11.7. The van der Waals surface area contributed by atoms with Gasteiger partial charge < -0.3 is 10.1 Å². The van der Waals surface area contributed by atoms with E-state index in [0.717, 1.165) is 6.42 Å². The van der Waals surface area contributed by atoms with Crippen molar-refractivity contribution in [2.45, 2.75) is 6.42 Å². The standard InChI is InChI=1S/C12H16N2O4/c1-18-7-3-6-13-9-12(15)10-4-2-5-11(8-10)14(16)17/h2,4-5,8,13H,3,6-7,9H2,1H3. The molecule has 0 aliphatic rings. The second-order valence-corrected chi connectivity index (χ2v) is 3.75. The van der Waals surface area contributed by atoms with Crippen molar-refractivity contribution in [3.8, 4) is 0 Å². The number of carbonyl (C=O) groups is 1. The molecule has 1 rings (SSSR count). The van der Waals surface area contributed by atoms with Gasteiger partial charge in [-0.2, -0.15) is 0 Å². The topological polar surface area (TPSA) is 81.5 Å². The van der Waals surface area contributed by atoms with E-state index in [9.17, 15) is 14.9 Å². The highest BCUT2D eigenvalue weighted by Crippen LogP contribution is 2.13. The van der Waals surface area contributed by atoms with E-state index < -0.39 is 4.92 Å². The summed E-state index contributed by atoms with van der Waals surface area (Å²) in [5.41, 5.74) is 0.281. The van der Waals surface area contributed by atoms with Crippen LogP contribution in [-0.2, 0) is 4.74 Å². The Morgan fingerprint density at radius 3 is 2.94 bits per heavy atom. The molecule has 1 aromatic rings. The smallest absolute Gasteiger partial charge is 0.270 e. The van der Waals surface area contributed by atoms with Gasteiger partial charge in [-0.25, -0.2) is 0 Å². The first-order valence-corrected chi connectivity index (χ1v) is 5.62. The lowest BCUT2D eigenvalue weighted by Crippen LogP contribution is -2.24. The number of hydrogen-bond donors (Lipinski definition) is 1. The van der Waals surface area contributed by atoms with E-state index in [-0.39, 0.29) is 18.0 Å². The minimum atomic E-state index is -0.511. The Morgan fingerprint density at radius 1 is 1.50 bits per heavy atom. The summed E-state index contributed by atoms with van der Waals surface area (Å²) in [5, 5.41) is 13.5. The molecule has 6 nitrogen and oxygen atoms in total. The molecule has 0 atom stereocenters. The van der Waals surface area contributed by atoms with Crippen LogP contribution in [-0.4, -0.2) is 37.5 Å². The number of methoxy groups -OCH3 is 1. The van der Waals surface area contributed by atoms with E-state index in [1.54, 1.807) is 13.2 Å². The van der Waals surface area contributed by atoms with Crippen LogP contribution < -0.4 is 5.32 Å². The normalized spacial score (nSPS) is 10.3. The van der Waals surface area contributed by atoms with Gasteiger partial charge in [0.15, 0.2) is 5.78 Å². The number of nitro groups is 1. The van der Waals surface area contributed by atoms with E-state index in [0.29, 0.717) is 18.7 Å². The molecule has 0 amide bonds. The predicted octanol–water partition coefficient (Wildman–Crippen LogP) is 1.40. The zero-order chi connectivity index (χ0) is 13.4. The number of nitro benzene ring substituents is 1. The SMILES string of the molecule is COCCCNCC(=O)c1cccc([N+](=O)[O-])c1. The Morgan fingerprint density at radius 2 is 2.28 bits per heavy atom. The molecule has 0 spiro atoms. The Labute approximate surface area is 105 Å². The number of non-ortho nitro benzene ring substituents is 1. The zero-order valence-corrected chi connectivity index (χ0v) is 10.2. The molecule has 0 aliphatic carbocycles. The van der Waals surface area contributed by atoms with Crippen LogP contribution in [0.2, 0.25) is 0 Å². The second-order valence-electron chi connectivity index (χ2n) is 3.75. The lowest BCUT2D eigenvalue weighted by Gasteiger charge is -2.03. The van der Waals surface area contributed by atoms with E-state index >= 15 is 0 Å². The fourth-order valence-electron chi connectivity index (χ4n) is 1.44. The first-order chi connectivity index (χ1) is 8.65. The van der Waals surface area contributed by atoms with Crippen LogP contribution >= 0.6 is 0 Å². The van der Waals surface area contributed by atoms with Crippen LogP contribution in [0, 0.1) is 10.1 Å². The van der Waals surface area contributed by atoms with Gasteiger partial charge in [-0.3, -0.25) is 14.9 Å². The fraction of sp³-hybridized carbons (Fsp3) is 0.417. The lowest BCUT2D eigenvalue weighted by molar-refractivity contribution is -0.384. The third-order valence-corrected chi connectivity index (χ3v) is 2.37. The number of nitrogens with one attached hydrogen (secondary N) is 1. The number of nitrogens with zero attached hydrogens (tertiary/aromatic N) is 1. The van der Waals surface area contributed by atoms with Gasteiger partial charge in [-0.1, -0.05) is 12.1 Å².